The van der Waals surface area contributed by atoms with Crippen LogP contribution >= 0.6 is 0 Å². The minimum atomic E-state index is -0.681. The summed E-state index contributed by atoms with van der Waals surface area (Å²) in [4.78, 5) is 17.8. The van der Waals surface area contributed by atoms with Crippen molar-refractivity contribution >= 4 is 5.91 Å². The van der Waals surface area contributed by atoms with Gasteiger partial charge in [0.25, 0.3) is 5.91 Å². The molecule has 6 heteroatoms. The van der Waals surface area contributed by atoms with Crippen molar-refractivity contribution in [1.29, 1.82) is 0 Å². The van der Waals surface area contributed by atoms with Crippen molar-refractivity contribution in [1.82, 2.24) is 9.88 Å². The van der Waals surface area contributed by atoms with Crippen LogP contribution in [0.5, 0.6) is 5.75 Å². The molecule has 2 aromatic rings. The number of carbonyl (C=O) groups excluding carboxylic acids is 1. The summed E-state index contributed by atoms with van der Waals surface area (Å²) < 4.78 is 13.8. The number of carbonyl (C=O) groups is 1. The van der Waals surface area contributed by atoms with E-state index in [2.05, 4.69) is 4.98 Å². The maximum absolute atomic E-state index is 13.8. The molecular weight excluding hydrogens is 299 g/mol. The average Bonchev–Trinajstić information content (AvgIpc) is 2.91. The molecular formula is C17H17FN2O3. The van der Waals surface area contributed by atoms with Crippen LogP contribution in [0.4, 0.5) is 4.39 Å². The number of aliphatic hydroxyl groups excluding tert-OH is 1. The van der Waals surface area contributed by atoms with Crippen LogP contribution in [0.1, 0.15) is 15.9 Å². The standard InChI is InChI=1S/C17H17FN2O3/c18-15-2-1-13(21)8-14(15)17(23)20-9-12(16(22)10-20)7-11-3-5-19-6-4-11/h1-6,8,12,16,21-22H,7,9-10H2/t12-,16-/m1/s1. The molecule has 0 aliphatic carbocycles. The van der Waals surface area contributed by atoms with Gasteiger partial charge in [-0.25, -0.2) is 4.39 Å². The lowest BCUT2D eigenvalue weighted by Crippen LogP contribution is -2.30. The zero-order valence-corrected chi connectivity index (χ0v) is 12.4. The van der Waals surface area contributed by atoms with Crippen LogP contribution < -0.4 is 0 Å². The van der Waals surface area contributed by atoms with Gasteiger partial charge in [0, 0.05) is 31.4 Å². The van der Waals surface area contributed by atoms with Gasteiger partial charge in [0.05, 0.1) is 11.7 Å². The summed E-state index contributed by atoms with van der Waals surface area (Å²) >= 11 is 0. The van der Waals surface area contributed by atoms with E-state index in [0.29, 0.717) is 13.0 Å². The lowest BCUT2D eigenvalue weighted by Gasteiger charge is -2.16. The molecule has 0 spiro atoms. The smallest absolute Gasteiger partial charge is 0.257 e. The Bertz CT molecular complexity index is 708. The molecule has 23 heavy (non-hydrogen) atoms. The SMILES string of the molecule is O=C(c1cc(O)ccc1F)N1C[C@@H](Cc2ccncc2)[C@H](O)C1. The number of phenols is 1. The van der Waals surface area contributed by atoms with Gasteiger partial charge < -0.3 is 15.1 Å². The number of likely N-dealkylation sites (tertiary alicyclic amines) is 1. The molecule has 5 nitrogen and oxygen atoms in total. The Morgan fingerprint density at radius 2 is 2.00 bits per heavy atom. The Morgan fingerprint density at radius 1 is 1.26 bits per heavy atom. The summed E-state index contributed by atoms with van der Waals surface area (Å²) in [6.07, 6.45) is 3.33. The lowest BCUT2D eigenvalue weighted by molar-refractivity contribution is 0.0759. The van der Waals surface area contributed by atoms with Gasteiger partial charge >= 0.3 is 0 Å². The lowest BCUT2D eigenvalue weighted by atomic mass is 9.97. The minimum Gasteiger partial charge on any atom is -0.508 e. The van der Waals surface area contributed by atoms with Gasteiger partial charge in [-0.1, -0.05) is 0 Å². The van der Waals surface area contributed by atoms with Crippen molar-refractivity contribution in [3.8, 4) is 5.75 Å². The molecule has 3 rings (SSSR count). The van der Waals surface area contributed by atoms with Crippen LogP contribution in [-0.4, -0.2) is 45.2 Å². The van der Waals surface area contributed by atoms with E-state index in [1.807, 2.05) is 12.1 Å². The van der Waals surface area contributed by atoms with Crippen molar-refractivity contribution in [3.05, 3.63) is 59.7 Å². The number of hydrogen-bond acceptors (Lipinski definition) is 4. The highest BCUT2D eigenvalue weighted by molar-refractivity contribution is 5.95. The quantitative estimate of drug-likeness (QED) is 0.902. The third-order valence-corrected chi connectivity index (χ3v) is 4.12. The molecule has 2 atom stereocenters. The van der Waals surface area contributed by atoms with Crippen LogP contribution in [0.2, 0.25) is 0 Å². The van der Waals surface area contributed by atoms with Crippen LogP contribution in [0.25, 0.3) is 0 Å². The van der Waals surface area contributed by atoms with Crippen LogP contribution in [0.3, 0.4) is 0 Å². The first-order valence-corrected chi connectivity index (χ1v) is 7.39. The zero-order valence-electron chi connectivity index (χ0n) is 12.4. The van der Waals surface area contributed by atoms with Crippen LogP contribution in [0, 0.1) is 11.7 Å². The maximum atomic E-state index is 13.8. The Hall–Kier alpha value is -2.47. The van der Waals surface area contributed by atoms with Gasteiger partial charge in [-0.15, -0.1) is 0 Å². The van der Waals surface area contributed by atoms with Gasteiger partial charge in [-0.3, -0.25) is 9.78 Å². The minimum absolute atomic E-state index is 0.110. The molecule has 0 bridgehead atoms. The largest absolute Gasteiger partial charge is 0.508 e. The molecule has 0 radical (unpaired) electrons. The van der Waals surface area contributed by atoms with E-state index in [4.69, 9.17) is 0 Å². The number of amides is 1. The average molecular weight is 316 g/mol. The first-order valence-electron chi connectivity index (χ1n) is 7.39. The first kappa shape index (κ1) is 15.4. The second kappa shape index (κ2) is 6.34. The van der Waals surface area contributed by atoms with Gasteiger partial charge in [0.2, 0.25) is 0 Å². The molecule has 0 unspecified atom stereocenters. The number of nitrogens with zero attached hydrogens (tertiary/aromatic N) is 2. The van der Waals surface area contributed by atoms with E-state index in [1.54, 1.807) is 12.4 Å². The topological polar surface area (TPSA) is 73.7 Å². The number of aliphatic hydroxyl groups is 1. The summed E-state index contributed by atoms with van der Waals surface area (Å²) in [5.74, 6) is -1.47. The van der Waals surface area contributed by atoms with E-state index in [9.17, 15) is 19.4 Å². The van der Waals surface area contributed by atoms with Crippen LogP contribution in [-0.2, 0) is 6.42 Å². The third-order valence-electron chi connectivity index (χ3n) is 4.12. The number of halogens is 1. The number of rotatable bonds is 3. The summed E-state index contributed by atoms with van der Waals surface area (Å²) in [5, 5.41) is 19.6. The number of aromatic hydroxyl groups is 1. The van der Waals surface area contributed by atoms with Gasteiger partial charge in [0.15, 0.2) is 0 Å². The van der Waals surface area contributed by atoms with Gasteiger partial charge in [-0.2, -0.15) is 0 Å². The van der Waals surface area contributed by atoms with E-state index < -0.39 is 17.8 Å². The Labute approximate surface area is 133 Å². The van der Waals surface area contributed by atoms with Crippen molar-refractivity contribution in [3.63, 3.8) is 0 Å². The molecule has 120 valence electrons. The molecule has 1 aromatic heterocycles. The molecule has 1 aliphatic heterocycles. The molecule has 1 aromatic carbocycles. The van der Waals surface area contributed by atoms with Gasteiger partial charge in [0.1, 0.15) is 11.6 Å². The van der Waals surface area contributed by atoms with Crippen molar-refractivity contribution < 1.29 is 19.4 Å². The molecule has 0 saturated carbocycles. The molecule has 1 amide bonds. The van der Waals surface area contributed by atoms with E-state index in [1.165, 1.54) is 11.0 Å². The second-order valence-electron chi connectivity index (χ2n) is 5.76. The molecule has 1 saturated heterocycles. The monoisotopic (exact) mass is 316 g/mol. The molecule has 1 fully saturated rings. The highest BCUT2D eigenvalue weighted by Crippen LogP contribution is 2.25. The van der Waals surface area contributed by atoms with E-state index >= 15 is 0 Å². The second-order valence-corrected chi connectivity index (χ2v) is 5.76. The molecule has 1 aliphatic rings. The fraction of sp³-hybridized carbons (Fsp3) is 0.294. The van der Waals surface area contributed by atoms with Crippen LogP contribution in [0.15, 0.2) is 42.7 Å². The number of aromatic nitrogens is 1. The maximum Gasteiger partial charge on any atom is 0.257 e. The molecule has 2 N–H and O–H groups in total. The zero-order chi connectivity index (χ0) is 16.4. The summed E-state index contributed by atoms with van der Waals surface area (Å²) in [7, 11) is 0. The Morgan fingerprint density at radius 3 is 2.74 bits per heavy atom. The fourth-order valence-corrected chi connectivity index (χ4v) is 2.89. The van der Waals surface area contributed by atoms with Crippen molar-refractivity contribution in [2.24, 2.45) is 5.92 Å². The summed E-state index contributed by atoms with van der Waals surface area (Å²) in [6, 6.07) is 7.10. The number of β-amino-alcohol motifs (C(OH)–C–C–N with tert-alkyl or cyclic N) is 1. The predicted molar refractivity (Wildman–Crippen MR) is 81.4 cm³/mol. The van der Waals surface area contributed by atoms with Crippen molar-refractivity contribution in [2.75, 3.05) is 13.1 Å². The van der Waals surface area contributed by atoms with Crippen molar-refractivity contribution in [2.45, 2.75) is 12.5 Å². The first-order chi connectivity index (χ1) is 11.0. The highest BCUT2D eigenvalue weighted by Gasteiger charge is 2.35. The molecule has 2 heterocycles. The number of pyridine rings is 1. The number of phenolic OH excluding ortho intramolecular Hbond substituents is 1. The summed E-state index contributed by atoms with van der Waals surface area (Å²) in [6.45, 7) is 0.501. The Balaban J connectivity index is 1.73. The summed E-state index contributed by atoms with van der Waals surface area (Å²) in [5.41, 5.74) is 0.851. The van der Waals surface area contributed by atoms with Gasteiger partial charge in [-0.05, 0) is 42.3 Å². The normalized spacial score (nSPS) is 20.7. The van der Waals surface area contributed by atoms with E-state index in [0.717, 1.165) is 17.7 Å². The Kier molecular flexibility index (Phi) is 4.25. The highest BCUT2D eigenvalue weighted by atomic mass is 19.1. The third kappa shape index (κ3) is 3.32. The fourth-order valence-electron chi connectivity index (χ4n) is 2.89. The van der Waals surface area contributed by atoms with E-state index in [-0.39, 0.29) is 23.8 Å². The number of benzene rings is 1. The number of hydrogen-bond donors (Lipinski definition) is 2. The predicted octanol–water partition coefficient (Wildman–Crippen LogP) is 1.60.